The third kappa shape index (κ3) is 6.40. The molecule has 0 aliphatic rings. The highest BCUT2D eigenvalue weighted by Gasteiger charge is 1.98. The molecule has 0 N–H and O–H groups in total. The highest BCUT2D eigenvalue weighted by molar-refractivity contribution is 5.02. The molecule has 0 atom stereocenters. The molecule has 0 saturated carbocycles. The number of hydrogen-bond acceptors (Lipinski definition) is 2. The van der Waals surface area contributed by atoms with E-state index in [1.165, 1.54) is 38.5 Å². The van der Waals surface area contributed by atoms with Gasteiger partial charge in [0.05, 0.1) is 11.4 Å². The van der Waals surface area contributed by atoms with Crippen molar-refractivity contribution in [1.29, 1.82) is 0 Å². The van der Waals surface area contributed by atoms with Crippen molar-refractivity contribution in [3.63, 3.8) is 0 Å². The Bertz CT molecular complexity index is 279. The average molecular weight is 233 g/mol. The van der Waals surface area contributed by atoms with E-state index in [-0.39, 0.29) is 0 Å². The van der Waals surface area contributed by atoms with Crippen molar-refractivity contribution in [2.75, 3.05) is 0 Å². The first-order chi connectivity index (χ1) is 8.36. The van der Waals surface area contributed by atoms with Gasteiger partial charge in [-0.05, 0) is 25.7 Å². The van der Waals surface area contributed by atoms with Crippen LogP contribution in [0.25, 0.3) is 0 Å². The van der Waals surface area contributed by atoms with Gasteiger partial charge in [-0.2, -0.15) is 0 Å². The zero-order valence-corrected chi connectivity index (χ0v) is 11.1. The standard InChI is InChI=1S/C15H25N2/c1-3-5-7-9-11-15-13-16-14(12-17-15)10-8-6-4-2/h12-13H,2-11H2,1H3. The van der Waals surface area contributed by atoms with Gasteiger partial charge in [-0.1, -0.05) is 46.0 Å². The predicted octanol–water partition coefficient (Wildman–Crippen LogP) is 4.15. The van der Waals surface area contributed by atoms with Gasteiger partial charge in [0, 0.05) is 12.4 Å². The zero-order chi connectivity index (χ0) is 12.3. The molecule has 1 heterocycles. The van der Waals surface area contributed by atoms with E-state index >= 15 is 0 Å². The Kier molecular flexibility index (Phi) is 7.61. The lowest BCUT2D eigenvalue weighted by molar-refractivity contribution is 0.657. The van der Waals surface area contributed by atoms with Crippen molar-refractivity contribution >= 4 is 0 Å². The summed E-state index contributed by atoms with van der Waals surface area (Å²) in [5.74, 6) is 0. The molecular formula is C15H25N2. The third-order valence-corrected chi connectivity index (χ3v) is 2.98. The zero-order valence-electron chi connectivity index (χ0n) is 11.1. The topological polar surface area (TPSA) is 25.8 Å². The van der Waals surface area contributed by atoms with Gasteiger partial charge in [-0.25, -0.2) is 0 Å². The maximum Gasteiger partial charge on any atom is 0.0586 e. The fraction of sp³-hybridized carbons (Fsp3) is 0.667. The first-order valence-electron chi connectivity index (χ1n) is 6.96. The highest BCUT2D eigenvalue weighted by Crippen LogP contribution is 2.07. The summed E-state index contributed by atoms with van der Waals surface area (Å²) in [4.78, 5) is 8.94. The second-order valence-electron chi connectivity index (χ2n) is 4.62. The van der Waals surface area contributed by atoms with Crippen LogP contribution >= 0.6 is 0 Å². The van der Waals surface area contributed by atoms with E-state index in [1.807, 2.05) is 12.4 Å². The molecule has 0 aliphatic carbocycles. The Morgan fingerprint density at radius 1 is 0.882 bits per heavy atom. The SMILES string of the molecule is [CH2]CCCCc1cnc(CCCCCC)cn1. The van der Waals surface area contributed by atoms with Gasteiger partial charge in [0.2, 0.25) is 0 Å². The maximum atomic E-state index is 4.48. The van der Waals surface area contributed by atoms with Crippen molar-refractivity contribution < 1.29 is 0 Å². The predicted molar refractivity (Wildman–Crippen MR) is 72.8 cm³/mol. The molecule has 1 aromatic rings. The fourth-order valence-electron chi connectivity index (χ4n) is 1.86. The largest absolute Gasteiger partial charge is 0.258 e. The van der Waals surface area contributed by atoms with E-state index < -0.39 is 0 Å². The van der Waals surface area contributed by atoms with Crippen LogP contribution < -0.4 is 0 Å². The monoisotopic (exact) mass is 233 g/mol. The summed E-state index contributed by atoms with van der Waals surface area (Å²) in [6, 6.07) is 0. The van der Waals surface area contributed by atoms with Crippen LogP contribution in [0, 0.1) is 6.92 Å². The van der Waals surface area contributed by atoms with Crippen LogP contribution in [0.1, 0.15) is 63.3 Å². The summed E-state index contributed by atoms with van der Waals surface area (Å²) < 4.78 is 0. The first-order valence-corrected chi connectivity index (χ1v) is 6.96. The number of aromatic nitrogens is 2. The van der Waals surface area contributed by atoms with Crippen LogP contribution in [0.5, 0.6) is 0 Å². The number of aryl methyl sites for hydroxylation is 2. The van der Waals surface area contributed by atoms with Gasteiger partial charge < -0.3 is 0 Å². The third-order valence-electron chi connectivity index (χ3n) is 2.98. The lowest BCUT2D eigenvalue weighted by Crippen LogP contribution is -1.96. The van der Waals surface area contributed by atoms with Crippen molar-refractivity contribution in [3.05, 3.63) is 30.7 Å². The summed E-state index contributed by atoms with van der Waals surface area (Å²) in [6.07, 6.45) is 14.5. The molecule has 0 bridgehead atoms. The molecular weight excluding hydrogens is 208 g/mol. The Hall–Kier alpha value is -0.920. The molecule has 1 radical (unpaired) electrons. The summed E-state index contributed by atoms with van der Waals surface area (Å²) in [5, 5.41) is 0. The quantitative estimate of drug-likeness (QED) is 0.599. The van der Waals surface area contributed by atoms with E-state index in [1.54, 1.807) is 0 Å². The average Bonchev–Trinajstić information content (AvgIpc) is 2.37. The van der Waals surface area contributed by atoms with Gasteiger partial charge in [-0.3, -0.25) is 9.97 Å². The summed E-state index contributed by atoms with van der Waals surface area (Å²) >= 11 is 0. The van der Waals surface area contributed by atoms with Crippen LogP contribution in [-0.4, -0.2) is 9.97 Å². The van der Waals surface area contributed by atoms with E-state index in [9.17, 15) is 0 Å². The molecule has 0 unspecified atom stereocenters. The van der Waals surface area contributed by atoms with Crippen molar-refractivity contribution in [2.45, 2.75) is 64.7 Å². The Balaban J connectivity index is 2.24. The molecule has 2 nitrogen and oxygen atoms in total. The van der Waals surface area contributed by atoms with Crippen LogP contribution in [0.4, 0.5) is 0 Å². The molecule has 1 aromatic heterocycles. The van der Waals surface area contributed by atoms with Gasteiger partial charge in [0.15, 0.2) is 0 Å². The second-order valence-corrected chi connectivity index (χ2v) is 4.62. The Morgan fingerprint density at radius 3 is 1.94 bits per heavy atom. The number of unbranched alkanes of at least 4 members (excludes halogenated alkanes) is 5. The molecule has 0 spiro atoms. The molecule has 17 heavy (non-hydrogen) atoms. The maximum absolute atomic E-state index is 4.48. The molecule has 0 amide bonds. The van der Waals surface area contributed by atoms with Crippen LogP contribution in [-0.2, 0) is 12.8 Å². The minimum atomic E-state index is 1.02. The van der Waals surface area contributed by atoms with Gasteiger partial charge in [0.25, 0.3) is 0 Å². The molecule has 1 rings (SSSR count). The van der Waals surface area contributed by atoms with Gasteiger partial charge in [0.1, 0.15) is 0 Å². The van der Waals surface area contributed by atoms with Crippen LogP contribution in [0.15, 0.2) is 12.4 Å². The van der Waals surface area contributed by atoms with Crippen molar-refractivity contribution in [1.82, 2.24) is 9.97 Å². The minimum Gasteiger partial charge on any atom is -0.258 e. The Morgan fingerprint density at radius 2 is 1.47 bits per heavy atom. The second kappa shape index (κ2) is 9.15. The summed E-state index contributed by atoms with van der Waals surface area (Å²) in [6.45, 7) is 6.08. The van der Waals surface area contributed by atoms with Crippen LogP contribution in [0.3, 0.4) is 0 Å². The molecule has 0 saturated heterocycles. The molecule has 0 fully saturated rings. The molecule has 2 heteroatoms. The molecule has 0 aromatic carbocycles. The summed E-state index contributed by atoms with van der Waals surface area (Å²) in [7, 11) is 0. The van der Waals surface area contributed by atoms with Gasteiger partial charge >= 0.3 is 0 Å². The van der Waals surface area contributed by atoms with Crippen molar-refractivity contribution in [3.8, 4) is 0 Å². The van der Waals surface area contributed by atoms with E-state index in [4.69, 9.17) is 0 Å². The van der Waals surface area contributed by atoms with E-state index in [2.05, 4.69) is 23.8 Å². The highest BCUT2D eigenvalue weighted by atomic mass is 14.8. The van der Waals surface area contributed by atoms with E-state index in [0.29, 0.717) is 0 Å². The van der Waals surface area contributed by atoms with E-state index in [0.717, 1.165) is 30.7 Å². The van der Waals surface area contributed by atoms with Gasteiger partial charge in [-0.15, -0.1) is 0 Å². The normalized spacial score (nSPS) is 10.7. The lowest BCUT2D eigenvalue weighted by Gasteiger charge is -2.02. The number of nitrogens with zero attached hydrogens (tertiary/aromatic N) is 2. The molecule has 95 valence electrons. The smallest absolute Gasteiger partial charge is 0.0586 e. The molecule has 0 aliphatic heterocycles. The van der Waals surface area contributed by atoms with Crippen molar-refractivity contribution in [2.24, 2.45) is 0 Å². The fourth-order valence-corrected chi connectivity index (χ4v) is 1.86. The van der Waals surface area contributed by atoms with Crippen LogP contribution in [0.2, 0.25) is 0 Å². The minimum absolute atomic E-state index is 1.02. The first kappa shape index (κ1) is 14.1. The number of hydrogen-bond donors (Lipinski definition) is 0. The summed E-state index contributed by atoms with van der Waals surface area (Å²) in [5.41, 5.74) is 2.26. The lowest BCUT2D eigenvalue weighted by atomic mass is 10.1. The Labute approximate surface area is 106 Å². The number of rotatable bonds is 9.